The minimum absolute atomic E-state index is 5.86. The van der Waals surface area contributed by atoms with Crippen molar-refractivity contribution in [2.75, 3.05) is 0 Å². The van der Waals surface area contributed by atoms with Crippen LogP contribution in [0.5, 0.6) is 0 Å². The van der Waals surface area contributed by atoms with Crippen LogP contribution in [0, 0.1) is 0 Å². The van der Waals surface area contributed by atoms with Gasteiger partial charge >= 0.3 is 57.9 Å². The van der Waals surface area contributed by atoms with E-state index in [0.717, 1.165) is 0 Å². The van der Waals surface area contributed by atoms with Crippen molar-refractivity contribution in [3.8, 4) is 0 Å². The Hall–Kier alpha value is -0.340. The zero-order valence-corrected chi connectivity index (χ0v) is 8.25. The van der Waals surface area contributed by atoms with Gasteiger partial charge in [-0.25, -0.2) is 0 Å². The van der Waals surface area contributed by atoms with E-state index in [1.54, 1.807) is 0 Å². The third-order valence-electron chi connectivity index (χ3n) is 0. The Morgan fingerprint density at radius 2 is 0.700 bits per heavy atom. The van der Waals surface area contributed by atoms with Crippen molar-refractivity contribution >= 4 is 0 Å². The summed E-state index contributed by atoms with van der Waals surface area (Å²) in [6.07, 6.45) is 0. The average molecular weight is 419 g/mol. The molecule has 0 saturated heterocycles. The molecule has 0 heterocycles. The summed E-state index contributed by atoms with van der Waals surface area (Å²) in [7, 11) is 0. The molecule has 0 aliphatic rings. The Morgan fingerprint density at radius 1 is 0.700 bits per heavy atom. The Morgan fingerprint density at radius 3 is 0.700 bits per heavy atom. The van der Waals surface area contributed by atoms with Gasteiger partial charge in [-0.1, -0.05) is 0 Å². The molecule has 8 nitrogen and oxygen atoms in total. The Balaban J connectivity index is 0. The molecule has 64 valence electrons. The van der Waals surface area contributed by atoms with Crippen molar-refractivity contribution in [3.05, 3.63) is 0 Å². The summed E-state index contributed by atoms with van der Waals surface area (Å²) >= 11 is -11.9. The van der Waals surface area contributed by atoms with Gasteiger partial charge in [0.2, 0.25) is 0 Å². The van der Waals surface area contributed by atoms with Crippen LogP contribution in [0.3, 0.4) is 0 Å². The van der Waals surface area contributed by atoms with Gasteiger partial charge in [-0.3, -0.25) is 0 Å². The molecule has 0 aliphatic heterocycles. The van der Waals surface area contributed by atoms with Crippen molar-refractivity contribution in [2.24, 2.45) is 0 Å². The first-order chi connectivity index (χ1) is 4.00. The summed E-state index contributed by atoms with van der Waals surface area (Å²) < 4.78 is 69.0. The van der Waals surface area contributed by atoms with Gasteiger partial charge in [-0.15, -0.1) is 0 Å². The molecule has 0 fully saturated rings. The molecule has 0 aromatic carbocycles. The van der Waals surface area contributed by atoms with Crippen LogP contribution < -0.4 is 0 Å². The molecule has 0 saturated carbocycles. The summed E-state index contributed by atoms with van der Waals surface area (Å²) in [4.78, 5) is 0. The van der Waals surface area contributed by atoms with Gasteiger partial charge < -0.3 is 0 Å². The number of rotatable bonds is 0. The monoisotopic (exact) mass is 422 g/mol. The second-order valence-corrected chi connectivity index (χ2v) is 4.99. The second kappa shape index (κ2) is 3.74. The van der Waals surface area contributed by atoms with Gasteiger partial charge in [0.1, 0.15) is 0 Å². The molecule has 0 unspecified atom stereocenters. The van der Waals surface area contributed by atoms with E-state index in [4.69, 9.17) is 28.4 Å². The standard InChI is InChI=1S/8O.Os.Ru. The predicted octanol–water partition coefficient (Wildman–Crippen LogP) is -0.955. The van der Waals surface area contributed by atoms with Gasteiger partial charge in [0.25, 0.3) is 0 Å². The van der Waals surface area contributed by atoms with Crippen LogP contribution in [-0.4, -0.2) is 0 Å². The molecule has 0 radical (unpaired) electrons. The van der Waals surface area contributed by atoms with E-state index in [1.165, 1.54) is 0 Å². The molecule has 0 amide bonds. The van der Waals surface area contributed by atoms with Crippen molar-refractivity contribution in [3.63, 3.8) is 0 Å². The van der Waals surface area contributed by atoms with Crippen LogP contribution in [0.2, 0.25) is 0 Å². The summed E-state index contributed by atoms with van der Waals surface area (Å²) in [5.74, 6) is 0. The maximum atomic E-state index is 8.63. The summed E-state index contributed by atoms with van der Waals surface area (Å²) in [5.41, 5.74) is 0. The maximum absolute atomic E-state index is 8.63. The molecular formula is O8OsRu. The molecule has 0 N–H and O–H groups in total. The zero-order chi connectivity index (χ0) is 9.00. The Kier molecular flexibility index (Phi) is 4.61. The molecular weight excluding hydrogens is 419 g/mol. The number of hydrogen-bond acceptors (Lipinski definition) is 8. The van der Waals surface area contributed by atoms with E-state index in [0.29, 0.717) is 0 Å². The first-order valence-electron chi connectivity index (χ1n) is 1.15. The van der Waals surface area contributed by atoms with E-state index in [2.05, 4.69) is 0 Å². The molecule has 10 heavy (non-hydrogen) atoms. The van der Waals surface area contributed by atoms with Crippen molar-refractivity contribution in [1.29, 1.82) is 0 Å². The van der Waals surface area contributed by atoms with Crippen LogP contribution in [0.4, 0.5) is 0 Å². The van der Waals surface area contributed by atoms with Crippen molar-refractivity contribution in [1.82, 2.24) is 0 Å². The van der Waals surface area contributed by atoms with E-state index < -0.39 is 29.4 Å². The molecule has 0 bridgehead atoms. The molecule has 0 spiro atoms. The quantitative estimate of drug-likeness (QED) is 0.458. The van der Waals surface area contributed by atoms with E-state index in [-0.39, 0.29) is 0 Å². The van der Waals surface area contributed by atoms with Gasteiger partial charge in [0.05, 0.1) is 0 Å². The zero-order valence-electron chi connectivity index (χ0n) is 3.97. The molecule has 0 rings (SSSR count). The van der Waals surface area contributed by atoms with Crippen molar-refractivity contribution in [2.45, 2.75) is 0 Å². The van der Waals surface area contributed by atoms with Gasteiger partial charge in [-0.2, -0.15) is 0 Å². The van der Waals surface area contributed by atoms with Crippen LogP contribution in [0.1, 0.15) is 0 Å². The van der Waals surface area contributed by atoms with E-state index in [1.807, 2.05) is 0 Å². The summed E-state index contributed by atoms with van der Waals surface area (Å²) in [6, 6.07) is 0. The average Bonchev–Trinajstić information content (AvgIpc) is 1.12. The van der Waals surface area contributed by atoms with Crippen LogP contribution in [0.15, 0.2) is 0 Å². The van der Waals surface area contributed by atoms with Gasteiger partial charge in [0.15, 0.2) is 0 Å². The van der Waals surface area contributed by atoms with Gasteiger partial charge in [-0.05, 0) is 0 Å². The fourth-order valence-corrected chi connectivity index (χ4v) is 0. The first-order valence-corrected chi connectivity index (χ1v) is 8.14. The molecule has 10 heteroatoms. The van der Waals surface area contributed by atoms with E-state index >= 15 is 0 Å². The van der Waals surface area contributed by atoms with Crippen LogP contribution in [0.25, 0.3) is 0 Å². The summed E-state index contributed by atoms with van der Waals surface area (Å²) in [5, 5.41) is 0. The molecule has 0 atom stereocenters. The minimum atomic E-state index is -6.06. The van der Waals surface area contributed by atoms with E-state index in [9.17, 15) is 0 Å². The van der Waals surface area contributed by atoms with Gasteiger partial charge in [0, 0.05) is 0 Å². The molecule has 0 aromatic heterocycles. The second-order valence-electron chi connectivity index (χ2n) is 0.707. The number of hydrogen-bond donors (Lipinski definition) is 0. The van der Waals surface area contributed by atoms with Crippen LogP contribution >= 0.6 is 0 Å². The fourth-order valence-electron chi connectivity index (χ4n) is 0. The molecule has 0 aliphatic carbocycles. The third-order valence-corrected chi connectivity index (χ3v) is 0. The fraction of sp³-hybridized carbons (Fsp3) is 0. The van der Waals surface area contributed by atoms with Crippen molar-refractivity contribution < 1.29 is 57.9 Å². The third kappa shape index (κ3) is 2930. The Labute approximate surface area is 58.1 Å². The Bertz CT molecular complexity index is 368. The summed E-state index contributed by atoms with van der Waals surface area (Å²) in [6.45, 7) is 0. The SMILES string of the molecule is [O]=[Os](=[O])(=[O])=[O].[O]=[Ru](=[O])(=[O])=[O]. The van der Waals surface area contributed by atoms with Crippen LogP contribution in [-0.2, 0) is 57.9 Å². The molecule has 0 aromatic rings. The topological polar surface area (TPSA) is 137 Å². The predicted molar refractivity (Wildman–Crippen MR) is 5.49 cm³/mol. The normalized spacial score (nSPS) is 11.2. The first kappa shape index (κ1) is 12.3.